The molecule has 2 aromatic carbocycles. The highest BCUT2D eigenvalue weighted by molar-refractivity contribution is 6.47. The molecule has 0 spiro atoms. The number of Topliss-reactive ketones (excluding diaryl/α,β-unsaturated/α-hetero) is 1. The molecule has 0 N–H and O–H groups in total. The van der Waals surface area contributed by atoms with E-state index in [1.807, 2.05) is 19.0 Å². The van der Waals surface area contributed by atoms with Crippen LogP contribution in [0.5, 0.6) is 23.0 Å². The predicted octanol–water partition coefficient (Wildman–Crippen LogP) is 4.25. The number of rotatable bonds is 8. The summed E-state index contributed by atoms with van der Waals surface area (Å²) in [7, 11) is 9.89. The quantitative estimate of drug-likeness (QED) is 0.483. The largest absolute Gasteiger partial charge is 0.495 e. The van der Waals surface area contributed by atoms with Gasteiger partial charge in [-0.25, -0.2) is 0 Å². The molecule has 0 fully saturated rings. The summed E-state index contributed by atoms with van der Waals surface area (Å²) in [6.07, 6.45) is 1.55. The standard InChI is InChI=1S/C21H24ClNO5/c1-23(2)16-12-13(7-9-17(16)25-3)19(24)15(22)11-14-8-10-18(26-4)21(28-6)20(14)27-5/h7-12H,1-6H3. The van der Waals surface area contributed by atoms with E-state index in [-0.39, 0.29) is 10.8 Å². The van der Waals surface area contributed by atoms with Crippen molar-refractivity contribution in [2.75, 3.05) is 47.4 Å². The van der Waals surface area contributed by atoms with Crippen LogP contribution in [0.15, 0.2) is 35.4 Å². The van der Waals surface area contributed by atoms with Crippen LogP contribution >= 0.6 is 11.6 Å². The van der Waals surface area contributed by atoms with E-state index in [0.29, 0.717) is 34.1 Å². The normalized spacial score (nSPS) is 11.0. The predicted molar refractivity (Wildman–Crippen MR) is 112 cm³/mol. The van der Waals surface area contributed by atoms with Gasteiger partial charge in [-0.05, 0) is 36.4 Å². The molecule has 0 aliphatic carbocycles. The van der Waals surface area contributed by atoms with E-state index in [0.717, 1.165) is 5.69 Å². The molecule has 0 aliphatic rings. The number of ketones is 1. The number of methoxy groups -OCH3 is 4. The maximum Gasteiger partial charge on any atom is 0.204 e. The van der Waals surface area contributed by atoms with Gasteiger partial charge in [-0.15, -0.1) is 0 Å². The lowest BCUT2D eigenvalue weighted by atomic mass is 10.1. The van der Waals surface area contributed by atoms with E-state index >= 15 is 0 Å². The van der Waals surface area contributed by atoms with Crippen LogP contribution in [0.4, 0.5) is 5.69 Å². The zero-order valence-electron chi connectivity index (χ0n) is 16.8. The Morgan fingerprint density at radius 3 is 2.04 bits per heavy atom. The van der Waals surface area contributed by atoms with Crippen molar-refractivity contribution in [3.8, 4) is 23.0 Å². The van der Waals surface area contributed by atoms with E-state index in [4.69, 9.17) is 30.5 Å². The lowest BCUT2D eigenvalue weighted by molar-refractivity contribution is 0.104. The van der Waals surface area contributed by atoms with Gasteiger partial charge >= 0.3 is 0 Å². The lowest BCUT2D eigenvalue weighted by Gasteiger charge is -2.17. The number of carbonyl (C=O) groups is 1. The molecule has 0 aromatic heterocycles. The Hall–Kier alpha value is -2.86. The SMILES string of the molecule is COc1ccc(C(=O)C(Cl)=Cc2ccc(OC)c(OC)c2OC)cc1N(C)C. The van der Waals surface area contributed by atoms with Crippen molar-refractivity contribution in [1.82, 2.24) is 0 Å². The average Bonchev–Trinajstić information content (AvgIpc) is 2.71. The van der Waals surface area contributed by atoms with E-state index in [1.54, 1.807) is 43.5 Å². The topological polar surface area (TPSA) is 57.2 Å². The first-order valence-electron chi connectivity index (χ1n) is 8.44. The van der Waals surface area contributed by atoms with Gasteiger partial charge in [0.05, 0.1) is 39.2 Å². The zero-order chi connectivity index (χ0) is 20.8. The third-order valence-corrected chi connectivity index (χ3v) is 4.44. The van der Waals surface area contributed by atoms with Crippen LogP contribution in [0.3, 0.4) is 0 Å². The fourth-order valence-electron chi connectivity index (χ4n) is 2.76. The summed E-state index contributed by atoms with van der Waals surface area (Å²) in [6, 6.07) is 8.62. The summed E-state index contributed by atoms with van der Waals surface area (Å²) in [5.41, 5.74) is 1.83. The monoisotopic (exact) mass is 405 g/mol. The molecule has 7 heteroatoms. The van der Waals surface area contributed by atoms with Crippen LogP contribution < -0.4 is 23.8 Å². The molecule has 2 rings (SSSR count). The summed E-state index contributed by atoms with van der Waals surface area (Å²) in [6.45, 7) is 0. The first-order chi connectivity index (χ1) is 13.4. The number of anilines is 1. The number of benzene rings is 2. The van der Waals surface area contributed by atoms with Crippen LogP contribution in [0.25, 0.3) is 6.08 Å². The third-order valence-electron chi connectivity index (χ3n) is 4.16. The first-order valence-corrected chi connectivity index (χ1v) is 8.81. The molecular weight excluding hydrogens is 382 g/mol. The zero-order valence-corrected chi connectivity index (χ0v) is 17.6. The number of ether oxygens (including phenoxy) is 4. The molecule has 0 atom stereocenters. The summed E-state index contributed by atoms with van der Waals surface area (Å²) < 4.78 is 21.4. The van der Waals surface area contributed by atoms with E-state index < -0.39 is 0 Å². The second kappa shape index (κ2) is 9.37. The van der Waals surface area contributed by atoms with Crippen molar-refractivity contribution in [2.45, 2.75) is 0 Å². The molecule has 28 heavy (non-hydrogen) atoms. The molecule has 2 aromatic rings. The second-order valence-corrected chi connectivity index (χ2v) is 6.43. The molecule has 0 heterocycles. The molecule has 0 aliphatic heterocycles. The summed E-state index contributed by atoms with van der Waals surface area (Å²) in [4.78, 5) is 14.7. The molecule has 0 unspecified atom stereocenters. The van der Waals surface area contributed by atoms with Gasteiger partial charge in [-0.2, -0.15) is 0 Å². The Morgan fingerprint density at radius 2 is 1.50 bits per heavy atom. The smallest absolute Gasteiger partial charge is 0.204 e. The van der Waals surface area contributed by atoms with Gasteiger partial charge in [0.25, 0.3) is 0 Å². The van der Waals surface area contributed by atoms with E-state index in [9.17, 15) is 4.79 Å². The minimum absolute atomic E-state index is 0.0420. The third kappa shape index (κ3) is 4.34. The van der Waals surface area contributed by atoms with Gasteiger partial charge in [-0.1, -0.05) is 11.6 Å². The highest BCUT2D eigenvalue weighted by Gasteiger charge is 2.18. The van der Waals surface area contributed by atoms with Crippen molar-refractivity contribution >= 4 is 29.1 Å². The first kappa shape index (κ1) is 21.4. The van der Waals surface area contributed by atoms with Gasteiger partial charge in [0.1, 0.15) is 5.75 Å². The van der Waals surface area contributed by atoms with Crippen LogP contribution in [0, 0.1) is 0 Å². The maximum atomic E-state index is 12.8. The summed E-state index contributed by atoms with van der Waals surface area (Å²) >= 11 is 6.34. The molecule has 0 amide bonds. The molecule has 0 saturated carbocycles. The fraction of sp³-hybridized carbons (Fsp3) is 0.286. The minimum atomic E-state index is -0.316. The number of nitrogens with zero attached hydrogens (tertiary/aromatic N) is 1. The van der Waals surface area contributed by atoms with Crippen LogP contribution in [-0.4, -0.2) is 48.3 Å². The van der Waals surface area contributed by atoms with Crippen LogP contribution in [0.1, 0.15) is 15.9 Å². The summed E-state index contributed by atoms with van der Waals surface area (Å²) in [5, 5.41) is 0.0420. The Balaban J connectivity index is 2.46. The van der Waals surface area contributed by atoms with Gasteiger partial charge in [0, 0.05) is 25.2 Å². The Bertz CT molecular complexity index is 893. The lowest BCUT2D eigenvalue weighted by Crippen LogP contribution is -2.11. The van der Waals surface area contributed by atoms with Crippen molar-refractivity contribution in [3.63, 3.8) is 0 Å². The maximum absolute atomic E-state index is 12.8. The molecule has 150 valence electrons. The molecular formula is C21H24ClNO5. The van der Waals surface area contributed by atoms with E-state index in [2.05, 4.69) is 0 Å². The Morgan fingerprint density at radius 1 is 0.893 bits per heavy atom. The van der Waals surface area contributed by atoms with Gasteiger partial charge in [0.15, 0.2) is 11.5 Å². The van der Waals surface area contributed by atoms with Gasteiger partial charge in [-0.3, -0.25) is 4.79 Å². The van der Waals surface area contributed by atoms with Gasteiger partial charge < -0.3 is 23.8 Å². The number of hydrogen-bond acceptors (Lipinski definition) is 6. The van der Waals surface area contributed by atoms with Crippen molar-refractivity contribution < 1.29 is 23.7 Å². The Labute approximate surface area is 170 Å². The fourth-order valence-corrected chi connectivity index (χ4v) is 2.99. The highest BCUT2D eigenvalue weighted by Crippen LogP contribution is 2.41. The molecule has 0 saturated heterocycles. The van der Waals surface area contributed by atoms with Crippen LogP contribution in [-0.2, 0) is 0 Å². The number of hydrogen-bond donors (Lipinski definition) is 0. The average molecular weight is 406 g/mol. The van der Waals surface area contributed by atoms with Crippen molar-refractivity contribution in [3.05, 3.63) is 46.5 Å². The van der Waals surface area contributed by atoms with E-state index in [1.165, 1.54) is 21.3 Å². The highest BCUT2D eigenvalue weighted by atomic mass is 35.5. The molecule has 0 radical (unpaired) electrons. The van der Waals surface area contributed by atoms with Crippen molar-refractivity contribution in [2.24, 2.45) is 0 Å². The minimum Gasteiger partial charge on any atom is -0.495 e. The number of carbonyl (C=O) groups excluding carboxylic acids is 1. The number of allylic oxidation sites excluding steroid dienone is 1. The van der Waals surface area contributed by atoms with Crippen molar-refractivity contribution in [1.29, 1.82) is 0 Å². The number of halogens is 1. The molecule has 0 bridgehead atoms. The second-order valence-electron chi connectivity index (χ2n) is 6.03. The summed E-state index contributed by atoms with van der Waals surface area (Å²) in [5.74, 6) is 1.73. The molecule has 6 nitrogen and oxygen atoms in total. The Kier molecular flexibility index (Phi) is 7.18. The van der Waals surface area contributed by atoms with Gasteiger partial charge in [0.2, 0.25) is 11.5 Å². The van der Waals surface area contributed by atoms with Crippen LogP contribution in [0.2, 0.25) is 0 Å².